The van der Waals surface area contributed by atoms with Crippen molar-refractivity contribution in [3.63, 3.8) is 0 Å². The lowest BCUT2D eigenvalue weighted by atomic mass is 9.87. The van der Waals surface area contributed by atoms with Crippen molar-refractivity contribution in [1.29, 1.82) is 0 Å². The molecule has 2 N–H and O–H groups in total. The van der Waals surface area contributed by atoms with Crippen LogP contribution in [0.3, 0.4) is 0 Å². The van der Waals surface area contributed by atoms with Gasteiger partial charge in [0.25, 0.3) is 0 Å². The number of hydrogen-bond donors (Lipinski definition) is 2. The van der Waals surface area contributed by atoms with Gasteiger partial charge in [-0.05, 0) is 11.8 Å². The number of piperazine rings is 1. The van der Waals surface area contributed by atoms with E-state index >= 15 is 0 Å². The number of aromatic nitrogens is 3. The molecule has 0 aliphatic carbocycles. The Morgan fingerprint density at radius 1 is 1.21 bits per heavy atom. The zero-order valence-corrected chi connectivity index (χ0v) is 11.4. The molecule has 0 aromatic carbocycles. The number of hydrogen-bond acceptors (Lipinski definition) is 4. The summed E-state index contributed by atoms with van der Waals surface area (Å²) in [5.41, 5.74) is -0.0198. The fourth-order valence-corrected chi connectivity index (χ4v) is 2.07. The molecule has 2 unspecified atom stereocenters. The molecular weight excluding hydrogens is 246 g/mol. The van der Waals surface area contributed by atoms with Crippen molar-refractivity contribution >= 4 is 11.8 Å². The van der Waals surface area contributed by atoms with Crippen LogP contribution in [-0.4, -0.2) is 38.7 Å². The van der Waals surface area contributed by atoms with Gasteiger partial charge in [-0.1, -0.05) is 20.8 Å². The molecule has 7 nitrogen and oxygen atoms in total. The number of amides is 2. The van der Waals surface area contributed by atoms with Crippen molar-refractivity contribution in [2.24, 2.45) is 5.41 Å². The summed E-state index contributed by atoms with van der Waals surface area (Å²) in [6, 6.07) is -1.05. The lowest BCUT2D eigenvalue weighted by molar-refractivity contribution is -0.137. The highest BCUT2D eigenvalue weighted by Crippen LogP contribution is 2.22. The quantitative estimate of drug-likeness (QED) is 0.785. The van der Waals surface area contributed by atoms with Gasteiger partial charge < -0.3 is 10.6 Å². The van der Waals surface area contributed by atoms with E-state index in [0.29, 0.717) is 13.0 Å². The Morgan fingerprint density at radius 3 is 2.42 bits per heavy atom. The smallest absolute Gasteiger partial charge is 0.245 e. The van der Waals surface area contributed by atoms with E-state index in [0.717, 1.165) is 0 Å². The Labute approximate surface area is 111 Å². The first-order valence-electron chi connectivity index (χ1n) is 6.28. The van der Waals surface area contributed by atoms with Crippen LogP contribution in [0.15, 0.2) is 12.7 Å². The van der Waals surface area contributed by atoms with E-state index in [1.807, 2.05) is 20.8 Å². The molecule has 104 valence electrons. The van der Waals surface area contributed by atoms with Gasteiger partial charge in [0, 0.05) is 0 Å². The third-order valence-corrected chi connectivity index (χ3v) is 2.92. The Morgan fingerprint density at radius 2 is 1.84 bits per heavy atom. The number of nitrogens with one attached hydrogen (secondary N) is 2. The molecule has 0 spiro atoms. The predicted octanol–water partition coefficient (Wildman–Crippen LogP) is -0.302. The fourth-order valence-electron chi connectivity index (χ4n) is 2.07. The average molecular weight is 265 g/mol. The van der Waals surface area contributed by atoms with Crippen molar-refractivity contribution in [3.8, 4) is 0 Å². The highest BCUT2D eigenvalue weighted by atomic mass is 16.2. The summed E-state index contributed by atoms with van der Waals surface area (Å²) in [7, 11) is 0. The number of rotatable bonds is 3. The molecule has 0 bridgehead atoms. The molecule has 1 aliphatic rings. The summed E-state index contributed by atoms with van der Waals surface area (Å²) in [5.74, 6) is -0.316. The maximum atomic E-state index is 12.0. The Kier molecular flexibility index (Phi) is 3.55. The van der Waals surface area contributed by atoms with E-state index in [9.17, 15) is 9.59 Å². The first kappa shape index (κ1) is 13.5. The minimum Gasteiger partial charge on any atom is -0.342 e. The van der Waals surface area contributed by atoms with Gasteiger partial charge in [0.2, 0.25) is 11.8 Å². The van der Waals surface area contributed by atoms with Crippen molar-refractivity contribution in [2.45, 2.75) is 45.8 Å². The van der Waals surface area contributed by atoms with Gasteiger partial charge in [0.15, 0.2) is 0 Å². The molecule has 1 aromatic heterocycles. The van der Waals surface area contributed by atoms with E-state index in [1.54, 1.807) is 0 Å². The zero-order valence-electron chi connectivity index (χ0n) is 11.4. The highest BCUT2D eigenvalue weighted by Gasteiger charge is 2.35. The minimum absolute atomic E-state index is 0.0198. The van der Waals surface area contributed by atoms with Crippen LogP contribution >= 0.6 is 0 Å². The fraction of sp³-hybridized carbons (Fsp3) is 0.667. The van der Waals surface area contributed by atoms with Crippen LogP contribution in [0.1, 0.15) is 27.2 Å². The lowest BCUT2D eigenvalue weighted by Gasteiger charge is -2.32. The van der Waals surface area contributed by atoms with Gasteiger partial charge in [0.1, 0.15) is 24.7 Å². The van der Waals surface area contributed by atoms with Crippen LogP contribution in [-0.2, 0) is 16.1 Å². The standard InChI is InChI=1S/C12H19N5O2/c1-12(2,3)4-8-10(18)16-9(11(19)15-8)5-17-7-13-6-14-17/h6-9H,4-5H2,1-3H3,(H,15,19)(H,16,18). The third-order valence-electron chi connectivity index (χ3n) is 2.92. The number of nitrogens with zero attached hydrogens (tertiary/aromatic N) is 3. The van der Waals surface area contributed by atoms with Crippen molar-refractivity contribution in [2.75, 3.05) is 0 Å². The van der Waals surface area contributed by atoms with Crippen molar-refractivity contribution < 1.29 is 9.59 Å². The SMILES string of the molecule is CC(C)(C)CC1NC(=O)C(Cn2cncn2)NC1=O. The molecule has 1 aromatic rings. The second-order valence-electron chi connectivity index (χ2n) is 6.00. The molecule has 7 heteroatoms. The summed E-state index contributed by atoms with van der Waals surface area (Å²) >= 11 is 0. The maximum Gasteiger partial charge on any atom is 0.245 e. The van der Waals surface area contributed by atoms with Gasteiger partial charge >= 0.3 is 0 Å². The summed E-state index contributed by atoms with van der Waals surface area (Å²) in [6.07, 6.45) is 3.52. The predicted molar refractivity (Wildman–Crippen MR) is 68.0 cm³/mol. The summed E-state index contributed by atoms with van der Waals surface area (Å²) in [4.78, 5) is 27.8. The van der Waals surface area contributed by atoms with E-state index in [4.69, 9.17) is 0 Å². The highest BCUT2D eigenvalue weighted by molar-refractivity contribution is 5.96. The zero-order chi connectivity index (χ0) is 14.0. The second-order valence-corrected chi connectivity index (χ2v) is 6.00. The van der Waals surface area contributed by atoms with Crippen molar-refractivity contribution in [1.82, 2.24) is 25.4 Å². The van der Waals surface area contributed by atoms with Crippen LogP contribution in [0.4, 0.5) is 0 Å². The molecule has 0 radical (unpaired) electrons. The third kappa shape index (κ3) is 3.52. The van der Waals surface area contributed by atoms with Gasteiger partial charge in [-0.25, -0.2) is 4.98 Å². The molecular formula is C12H19N5O2. The Balaban J connectivity index is 1.98. The van der Waals surface area contributed by atoms with E-state index in [1.165, 1.54) is 17.3 Å². The molecule has 2 amide bonds. The molecule has 1 saturated heterocycles. The summed E-state index contributed by atoms with van der Waals surface area (Å²) in [5, 5.41) is 9.43. The second kappa shape index (κ2) is 4.99. The molecule has 19 heavy (non-hydrogen) atoms. The topological polar surface area (TPSA) is 88.9 Å². The molecule has 1 aliphatic heterocycles. The van der Waals surface area contributed by atoms with Gasteiger partial charge in [-0.3, -0.25) is 14.3 Å². The van der Waals surface area contributed by atoms with E-state index in [2.05, 4.69) is 20.7 Å². The first-order valence-corrected chi connectivity index (χ1v) is 6.28. The van der Waals surface area contributed by atoms with Crippen LogP contribution in [0.5, 0.6) is 0 Å². The average Bonchev–Trinajstić information content (AvgIpc) is 2.76. The Hall–Kier alpha value is -1.92. The van der Waals surface area contributed by atoms with Crippen molar-refractivity contribution in [3.05, 3.63) is 12.7 Å². The maximum absolute atomic E-state index is 12.0. The minimum atomic E-state index is -0.592. The molecule has 2 rings (SSSR count). The van der Waals surface area contributed by atoms with Crippen LogP contribution in [0.2, 0.25) is 0 Å². The van der Waals surface area contributed by atoms with Crippen LogP contribution < -0.4 is 10.6 Å². The molecule has 0 saturated carbocycles. The normalized spacial score (nSPS) is 23.9. The summed E-state index contributed by atoms with van der Waals surface area (Å²) < 4.78 is 1.52. The van der Waals surface area contributed by atoms with E-state index in [-0.39, 0.29) is 17.2 Å². The lowest BCUT2D eigenvalue weighted by Crippen LogP contribution is -2.63. The van der Waals surface area contributed by atoms with Crippen LogP contribution in [0.25, 0.3) is 0 Å². The van der Waals surface area contributed by atoms with Gasteiger partial charge in [-0.15, -0.1) is 0 Å². The largest absolute Gasteiger partial charge is 0.342 e. The molecule has 1 fully saturated rings. The first-order chi connectivity index (χ1) is 8.85. The Bertz CT molecular complexity index is 463. The van der Waals surface area contributed by atoms with Gasteiger partial charge in [0.05, 0.1) is 6.54 Å². The summed E-state index contributed by atoms with van der Waals surface area (Å²) in [6.45, 7) is 6.40. The number of carbonyl (C=O) groups excluding carboxylic acids is 2. The van der Waals surface area contributed by atoms with E-state index < -0.39 is 12.1 Å². The molecule has 2 heterocycles. The van der Waals surface area contributed by atoms with Crippen LogP contribution in [0, 0.1) is 5.41 Å². The monoisotopic (exact) mass is 265 g/mol. The number of carbonyl (C=O) groups is 2. The molecule has 2 atom stereocenters. The van der Waals surface area contributed by atoms with Gasteiger partial charge in [-0.2, -0.15) is 5.10 Å².